The summed E-state index contributed by atoms with van der Waals surface area (Å²) < 4.78 is 0. The molecule has 0 radical (unpaired) electrons. The molecule has 35 heavy (non-hydrogen) atoms. The molecule has 0 atom stereocenters. The van der Waals surface area contributed by atoms with Crippen molar-refractivity contribution in [1.82, 2.24) is 4.90 Å². The number of hydrogen-bond acceptors (Lipinski definition) is 3. The first-order valence-corrected chi connectivity index (χ1v) is 11.3. The van der Waals surface area contributed by atoms with Gasteiger partial charge in [-0.2, -0.15) is 0 Å². The largest absolute Gasteiger partial charge is 1.00 e. The van der Waals surface area contributed by atoms with Crippen molar-refractivity contribution in [3.8, 4) is 11.1 Å². The topological polar surface area (TPSA) is 60.4 Å². The SMILES string of the molecule is O=C([O-])c1ccc(-c2ccc(CN(CCc3ccccc3)C(=O)Cc3ccccc3)cc2)cc1.[Na+]. The minimum absolute atomic E-state index is 0. The molecule has 0 aliphatic rings. The van der Waals surface area contributed by atoms with Crippen LogP contribution in [0, 0.1) is 0 Å². The maximum Gasteiger partial charge on any atom is 1.00 e. The molecule has 0 unspecified atom stereocenters. The van der Waals surface area contributed by atoms with Crippen LogP contribution in [0.4, 0.5) is 0 Å². The van der Waals surface area contributed by atoms with Crippen molar-refractivity contribution >= 4 is 11.9 Å². The molecule has 0 aliphatic heterocycles. The fourth-order valence-electron chi connectivity index (χ4n) is 3.90. The molecule has 0 heterocycles. The average Bonchev–Trinajstić information content (AvgIpc) is 2.88. The van der Waals surface area contributed by atoms with E-state index in [0.717, 1.165) is 28.7 Å². The maximum absolute atomic E-state index is 13.2. The van der Waals surface area contributed by atoms with E-state index in [1.165, 1.54) is 5.56 Å². The van der Waals surface area contributed by atoms with Crippen LogP contribution in [0.15, 0.2) is 109 Å². The molecule has 0 bridgehead atoms. The molecule has 4 rings (SSSR count). The van der Waals surface area contributed by atoms with Crippen LogP contribution >= 0.6 is 0 Å². The quantitative estimate of drug-likeness (QED) is 0.348. The normalized spacial score (nSPS) is 10.3. The molecule has 5 heteroatoms. The molecule has 0 saturated carbocycles. The number of nitrogens with zero attached hydrogens (tertiary/aromatic N) is 1. The van der Waals surface area contributed by atoms with E-state index in [2.05, 4.69) is 12.1 Å². The van der Waals surface area contributed by atoms with Gasteiger partial charge >= 0.3 is 29.6 Å². The van der Waals surface area contributed by atoms with Crippen LogP contribution in [0.2, 0.25) is 0 Å². The molecule has 4 aromatic carbocycles. The van der Waals surface area contributed by atoms with Crippen molar-refractivity contribution in [2.75, 3.05) is 6.54 Å². The van der Waals surface area contributed by atoms with E-state index in [1.807, 2.05) is 77.7 Å². The Morgan fingerprint density at radius 3 is 1.69 bits per heavy atom. The summed E-state index contributed by atoms with van der Waals surface area (Å²) in [6.45, 7) is 1.17. The monoisotopic (exact) mass is 471 g/mol. The van der Waals surface area contributed by atoms with Crippen LogP contribution in [-0.4, -0.2) is 23.3 Å². The van der Waals surface area contributed by atoms with Crippen LogP contribution in [0.5, 0.6) is 0 Å². The summed E-state index contributed by atoms with van der Waals surface area (Å²) in [6, 6.07) is 34.7. The summed E-state index contributed by atoms with van der Waals surface area (Å²) in [5.41, 5.74) is 5.33. The molecule has 0 saturated heterocycles. The Morgan fingerprint density at radius 1 is 0.629 bits per heavy atom. The third-order valence-electron chi connectivity index (χ3n) is 5.85. The average molecular weight is 472 g/mol. The number of rotatable bonds is 9. The summed E-state index contributed by atoms with van der Waals surface area (Å²) >= 11 is 0. The molecule has 0 fully saturated rings. The van der Waals surface area contributed by atoms with Crippen LogP contribution in [0.3, 0.4) is 0 Å². The standard InChI is InChI=1S/C30H27NO3.Na/c32-29(21-24-9-5-2-6-10-24)31(20-19-23-7-3-1-4-8-23)22-25-11-13-26(14-12-25)27-15-17-28(18-16-27)30(33)34;/h1-18H,19-22H2,(H,33,34);/q;+1/p-1. The van der Waals surface area contributed by atoms with Gasteiger partial charge in [-0.15, -0.1) is 0 Å². The van der Waals surface area contributed by atoms with Gasteiger partial charge in [0.2, 0.25) is 5.91 Å². The number of hydrogen-bond donors (Lipinski definition) is 0. The van der Waals surface area contributed by atoms with E-state index in [0.29, 0.717) is 19.5 Å². The summed E-state index contributed by atoms with van der Waals surface area (Å²) in [4.78, 5) is 26.1. The minimum Gasteiger partial charge on any atom is -0.545 e. The Hall–Kier alpha value is -3.18. The fourth-order valence-corrected chi connectivity index (χ4v) is 3.90. The third kappa shape index (κ3) is 7.66. The van der Waals surface area contributed by atoms with Crippen molar-refractivity contribution in [3.63, 3.8) is 0 Å². The number of aromatic carboxylic acids is 1. The number of carbonyl (C=O) groups excluding carboxylic acids is 2. The van der Waals surface area contributed by atoms with Gasteiger partial charge in [-0.05, 0) is 39.8 Å². The molecule has 4 aromatic rings. The van der Waals surface area contributed by atoms with Crippen LogP contribution < -0.4 is 34.7 Å². The van der Waals surface area contributed by atoms with Gasteiger partial charge in [0.15, 0.2) is 0 Å². The summed E-state index contributed by atoms with van der Waals surface area (Å²) in [6.07, 6.45) is 1.17. The molecule has 170 valence electrons. The minimum atomic E-state index is -1.18. The Balaban J connectivity index is 0.00000342. The smallest absolute Gasteiger partial charge is 0.545 e. The van der Waals surface area contributed by atoms with E-state index in [-0.39, 0.29) is 41.0 Å². The van der Waals surface area contributed by atoms with E-state index in [4.69, 9.17) is 0 Å². The van der Waals surface area contributed by atoms with Gasteiger partial charge in [0.05, 0.1) is 12.4 Å². The zero-order valence-corrected chi connectivity index (χ0v) is 21.9. The van der Waals surface area contributed by atoms with Crippen molar-refractivity contribution < 1.29 is 44.3 Å². The molecule has 4 nitrogen and oxygen atoms in total. The first-order valence-electron chi connectivity index (χ1n) is 11.3. The zero-order valence-electron chi connectivity index (χ0n) is 19.9. The number of carbonyl (C=O) groups is 2. The predicted octanol–water partition coefficient (Wildman–Crippen LogP) is 1.54. The molecule has 1 amide bonds. The van der Waals surface area contributed by atoms with Gasteiger partial charge in [0.1, 0.15) is 0 Å². The van der Waals surface area contributed by atoms with E-state index in [9.17, 15) is 14.7 Å². The van der Waals surface area contributed by atoms with Crippen LogP contribution in [0.25, 0.3) is 11.1 Å². The second-order valence-corrected chi connectivity index (χ2v) is 8.27. The Bertz CT molecular complexity index is 1220. The maximum atomic E-state index is 13.2. The number of amides is 1. The second-order valence-electron chi connectivity index (χ2n) is 8.27. The first kappa shape index (κ1) is 26.4. The number of carboxylic acid groups (broad SMARTS) is 1. The molecule has 0 spiro atoms. The Morgan fingerprint density at radius 2 is 1.14 bits per heavy atom. The van der Waals surface area contributed by atoms with Gasteiger partial charge in [0, 0.05) is 13.1 Å². The summed E-state index contributed by atoms with van der Waals surface area (Å²) in [5.74, 6) is -1.08. The van der Waals surface area contributed by atoms with Crippen LogP contribution in [-0.2, 0) is 24.2 Å². The van der Waals surface area contributed by atoms with Crippen molar-refractivity contribution in [2.24, 2.45) is 0 Å². The number of benzene rings is 4. The van der Waals surface area contributed by atoms with Crippen LogP contribution in [0.1, 0.15) is 27.0 Å². The summed E-state index contributed by atoms with van der Waals surface area (Å²) in [7, 11) is 0. The molecule has 0 aliphatic carbocycles. The Labute approximate surface area is 228 Å². The molecular weight excluding hydrogens is 445 g/mol. The molecule has 0 N–H and O–H groups in total. The van der Waals surface area contributed by atoms with Crippen molar-refractivity contribution in [2.45, 2.75) is 19.4 Å². The van der Waals surface area contributed by atoms with E-state index < -0.39 is 5.97 Å². The number of carboxylic acids is 1. The van der Waals surface area contributed by atoms with E-state index >= 15 is 0 Å². The van der Waals surface area contributed by atoms with Crippen molar-refractivity contribution in [3.05, 3.63) is 131 Å². The second kappa shape index (κ2) is 13.1. The van der Waals surface area contributed by atoms with Gasteiger partial charge in [-0.3, -0.25) is 4.79 Å². The first-order chi connectivity index (χ1) is 16.6. The van der Waals surface area contributed by atoms with Gasteiger partial charge in [0.25, 0.3) is 0 Å². The fraction of sp³-hybridized carbons (Fsp3) is 0.133. The van der Waals surface area contributed by atoms with Gasteiger partial charge in [-0.25, -0.2) is 0 Å². The van der Waals surface area contributed by atoms with Crippen molar-refractivity contribution in [1.29, 1.82) is 0 Å². The molecule has 0 aromatic heterocycles. The van der Waals surface area contributed by atoms with Gasteiger partial charge in [-0.1, -0.05) is 109 Å². The molecular formula is C30H26NNaO3. The van der Waals surface area contributed by atoms with Gasteiger partial charge < -0.3 is 14.8 Å². The third-order valence-corrected chi connectivity index (χ3v) is 5.85. The predicted molar refractivity (Wildman–Crippen MR) is 132 cm³/mol. The Kier molecular flexibility index (Phi) is 9.86. The zero-order chi connectivity index (χ0) is 23.8. The van der Waals surface area contributed by atoms with E-state index in [1.54, 1.807) is 24.3 Å². The summed E-state index contributed by atoms with van der Waals surface area (Å²) in [5, 5.41) is 11.0.